The van der Waals surface area contributed by atoms with Crippen LogP contribution in [-0.4, -0.2) is 25.7 Å². The smallest absolute Gasteiger partial charge is 0.306 e. The van der Waals surface area contributed by atoms with Crippen molar-refractivity contribution < 1.29 is 18.0 Å². The topological polar surface area (TPSA) is 92.7 Å². The highest BCUT2D eigenvalue weighted by molar-refractivity contribution is 9.10. The van der Waals surface area contributed by atoms with Crippen LogP contribution in [0.25, 0.3) is 5.95 Å². The SMILES string of the molecule is Cc1nn(-c2nc(C)c(Br)c(=O)[nH]2)c(NC(=O)c2ccccc2C(F)(F)F)c1C. The largest absolute Gasteiger partial charge is 0.417 e. The lowest BCUT2D eigenvalue weighted by molar-refractivity contribution is -0.137. The number of hydrogen-bond donors (Lipinski definition) is 2. The first-order valence-corrected chi connectivity index (χ1v) is 9.10. The zero-order valence-electron chi connectivity index (χ0n) is 15.5. The van der Waals surface area contributed by atoms with Gasteiger partial charge in [0.05, 0.1) is 22.5 Å². The van der Waals surface area contributed by atoms with E-state index >= 15 is 0 Å². The second-order valence-electron chi connectivity index (χ2n) is 6.26. The van der Waals surface area contributed by atoms with Crippen LogP contribution < -0.4 is 10.9 Å². The predicted octanol–water partition coefficient (Wildman–Crippen LogP) is 3.91. The number of alkyl halides is 3. The Labute approximate surface area is 171 Å². The minimum atomic E-state index is -4.69. The van der Waals surface area contributed by atoms with Gasteiger partial charge in [0.2, 0.25) is 5.95 Å². The number of H-pyrrole nitrogens is 1. The van der Waals surface area contributed by atoms with E-state index in [1.807, 2.05) is 0 Å². The van der Waals surface area contributed by atoms with Gasteiger partial charge < -0.3 is 5.32 Å². The molecule has 0 saturated carbocycles. The molecule has 1 aromatic carbocycles. The third kappa shape index (κ3) is 3.95. The molecule has 3 rings (SSSR count). The number of nitrogens with one attached hydrogen (secondary N) is 2. The summed E-state index contributed by atoms with van der Waals surface area (Å²) in [6.07, 6.45) is -4.69. The van der Waals surface area contributed by atoms with Crippen LogP contribution >= 0.6 is 15.9 Å². The second-order valence-corrected chi connectivity index (χ2v) is 7.05. The molecule has 0 radical (unpaired) electrons. The molecule has 0 fully saturated rings. The number of rotatable bonds is 3. The van der Waals surface area contributed by atoms with Crippen molar-refractivity contribution in [3.63, 3.8) is 0 Å². The van der Waals surface area contributed by atoms with Crippen molar-refractivity contribution in [2.45, 2.75) is 26.9 Å². The van der Waals surface area contributed by atoms with Crippen molar-refractivity contribution in [1.82, 2.24) is 19.7 Å². The number of hydrogen-bond acceptors (Lipinski definition) is 4. The summed E-state index contributed by atoms with van der Waals surface area (Å²) in [6.45, 7) is 4.91. The Balaban J connectivity index is 2.09. The molecule has 2 aromatic heterocycles. The van der Waals surface area contributed by atoms with Crippen LogP contribution in [0.1, 0.15) is 32.9 Å². The number of carbonyl (C=O) groups excluding carboxylic acids is 1. The number of halogens is 4. The Morgan fingerprint density at radius 1 is 1.17 bits per heavy atom. The summed E-state index contributed by atoms with van der Waals surface area (Å²) in [7, 11) is 0. The summed E-state index contributed by atoms with van der Waals surface area (Å²) in [5, 5.41) is 6.71. The van der Waals surface area contributed by atoms with Gasteiger partial charge in [-0.25, -0.2) is 4.98 Å². The number of carbonyl (C=O) groups is 1. The lowest BCUT2D eigenvalue weighted by Crippen LogP contribution is -2.22. The third-order valence-electron chi connectivity index (χ3n) is 4.29. The Morgan fingerprint density at radius 3 is 2.45 bits per heavy atom. The fourth-order valence-electron chi connectivity index (χ4n) is 2.67. The van der Waals surface area contributed by atoms with Gasteiger partial charge >= 0.3 is 6.18 Å². The molecular weight excluding hydrogens is 455 g/mol. The maximum absolute atomic E-state index is 13.3. The highest BCUT2D eigenvalue weighted by Crippen LogP contribution is 2.32. The Bertz CT molecular complexity index is 1170. The van der Waals surface area contributed by atoms with E-state index in [1.54, 1.807) is 20.8 Å². The normalized spacial score (nSPS) is 11.6. The lowest BCUT2D eigenvalue weighted by atomic mass is 10.1. The van der Waals surface area contributed by atoms with Crippen LogP contribution in [0.15, 0.2) is 33.5 Å². The quantitative estimate of drug-likeness (QED) is 0.607. The molecule has 0 unspecified atom stereocenters. The zero-order chi connectivity index (χ0) is 21.5. The number of benzene rings is 1. The molecule has 0 aliphatic heterocycles. The Kier molecular flexibility index (Phi) is 5.35. The maximum Gasteiger partial charge on any atom is 0.417 e. The third-order valence-corrected chi connectivity index (χ3v) is 5.22. The number of anilines is 1. The van der Waals surface area contributed by atoms with Gasteiger partial charge in [-0.1, -0.05) is 12.1 Å². The van der Waals surface area contributed by atoms with Gasteiger partial charge in [0.15, 0.2) is 0 Å². The average Bonchev–Trinajstić information content (AvgIpc) is 2.93. The van der Waals surface area contributed by atoms with Gasteiger partial charge in [-0.3, -0.25) is 14.6 Å². The summed E-state index contributed by atoms with van der Waals surface area (Å²) in [5.41, 5.74) is -0.631. The van der Waals surface area contributed by atoms with E-state index < -0.39 is 28.8 Å². The van der Waals surface area contributed by atoms with Gasteiger partial charge in [0.1, 0.15) is 10.3 Å². The molecule has 0 atom stereocenters. The highest BCUT2D eigenvalue weighted by Gasteiger charge is 2.35. The van der Waals surface area contributed by atoms with Gasteiger partial charge in [0.25, 0.3) is 11.5 Å². The molecule has 0 saturated heterocycles. The minimum Gasteiger partial charge on any atom is -0.306 e. The van der Waals surface area contributed by atoms with Gasteiger partial charge in [-0.05, 0) is 48.8 Å². The molecule has 2 N–H and O–H groups in total. The monoisotopic (exact) mass is 469 g/mol. The Morgan fingerprint density at radius 2 is 1.83 bits per heavy atom. The van der Waals surface area contributed by atoms with Crippen molar-refractivity contribution in [3.8, 4) is 5.95 Å². The van der Waals surface area contributed by atoms with E-state index in [2.05, 4.69) is 36.3 Å². The summed E-state index contributed by atoms with van der Waals surface area (Å²) >= 11 is 3.11. The summed E-state index contributed by atoms with van der Waals surface area (Å²) in [5.74, 6) is -0.834. The molecule has 0 aliphatic rings. The van der Waals surface area contributed by atoms with Gasteiger partial charge in [0, 0.05) is 5.56 Å². The fourth-order valence-corrected chi connectivity index (χ4v) is 2.85. The fraction of sp³-hybridized carbons (Fsp3) is 0.222. The first kappa shape index (κ1) is 20.8. The number of amides is 1. The van der Waals surface area contributed by atoms with Crippen LogP contribution in [-0.2, 0) is 6.18 Å². The number of nitrogens with zero attached hydrogens (tertiary/aromatic N) is 3. The van der Waals surface area contributed by atoms with Crippen molar-refractivity contribution >= 4 is 27.7 Å². The standard InChI is InChI=1S/C18H15BrF3N5O2/c1-8-9(2)26-27(17-23-10(3)13(19)16(29)25-17)14(8)24-15(28)11-6-4-5-7-12(11)18(20,21)22/h4-7H,1-3H3,(H,24,28)(H,23,25,29). The summed E-state index contributed by atoms with van der Waals surface area (Å²) < 4.78 is 41.2. The molecule has 0 spiro atoms. The molecule has 29 heavy (non-hydrogen) atoms. The number of aromatic nitrogens is 4. The number of aryl methyl sites for hydroxylation is 2. The van der Waals surface area contributed by atoms with E-state index in [9.17, 15) is 22.8 Å². The average molecular weight is 470 g/mol. The number of aromatic amines is 1. The van der Waals surface area contributed by atoms with Crippen LogP contribution in [0.4, 0.5) is 19.0 Å². The molecule has 11 heteroatoms. The van der Waals surface area contributed by atoms with E-state index in [-0.39, 0.29) is 16.2 Å². The van der Waals surface area contributed by atoms with Crippen LogP contribution in [0.2, 0.25) is 0 Å². The molecule has 7 nitrogen and oxygen atoms in total. The van der Waals surface area contributed by atoms with Crippen LogP contribution in [0.3, 0.4) is 0 Å². The van der Waals surface area contributed by atoms with E-state index in [4.69, 9.17) is 0 Å². The minimum absolute atomic E-state index is 0.0197. The first-order chi connectivity index (χ1) is 13.5. The van der Waals surface area contributed by atoms with Crippen LogP contribution in [0.5, 0.6) is 0 Å². The molecule has 152 valence electrons. The van der Waals surface area contributed by atoms with Crippen molar-refractivity contribution in [2.75, 3.05) is 5.32 Å². The summed E-state index contributed by atoms with van der Waals surface area (Å²) in [4.78, 5) is 31.4. The van der Waals surface area contributed by atoms with Gasteiger partial charge in [-0.15, -0.1) is 0 Å². The van der Waals surface area contributed by atoms with Crippen LogP contribution in [0, 0.1) is 20.8 Å². The lowest BCUT2D eigenvalue weighted by Gasteiger charge is -2.14. The highest BCUT2D eigenvalue weighted by atomic mass is 79.9. The first-order valence-electron chi connectivity index (χ1n) is 8.31. The molecular formula is C18H15BrF3N5O2. The van der Waals surface area contributed by atoms with Crippen molar-refractivity contribution in [3.05, 3.63) is 67.2 Å². The van der Waals surface area contributed by atoms with E-state index in [0.717, 1.165) is 12.1 Å². The molecule has 0 bridgehead atoms. The van der Waals surface area contributed by atoms with E-state index in [1.165, 1.54) is 16.8 Å². The Hall–Kier alpha value is -2.95. The van der Waals surface area contributed by atoms with Gasteiger partial charge in [-0.2, -0.15) is 23.0 Å². The zero-order valence-corrected chi connectivity index (χ0v) is 17.1. The predicted molar refractivity (Wildman–Crippen MR) is 103 cm³/mol. The molecule has 3 aromatic rings. The molecule has 2 heterocycles. The van der Waals surface area contributed by atoms with Crippen molar-refractivity contribution in [1.29, 1.82) is 0 Å². The maximum atomic E-state index is 13.3. The van der Waals surface area contributed by atoms with Crippen molar-refractivity contribution in [2.24, 2.45) is 0 Å². The van der Waals surface area contributed by atoms with E-state index in [0.29, 0.717) is 17.0 Å². The summed E-state index contributed by atoms with van der Waals surface area (Å²) in [6, 6.07) is 4.47. The molecule has 1 amide bonds. The molecule has 0 aliphatic carbocycles. The second kappa shape index (κ2) is 7.47.